The molecule has 0 aliphatic rings. The van der Waals surface area contributed by atoms with Gasteiger partial charge in [-0.05, 0) is 24.3 Å². The van der Waals surface area contributed by atoms with E-state index in [0.717, 1.165) is 16.4 Å². The molecule has 2 heterocycles. The number of amides is 1. The average molecular weight is 387 g/mol. The number of fused-ring (bicyclic) bond motifs is 3. The highest BCUT2D eigenvalue weighted by atomic mass is 35.5. The van der Waals surface area contributed by atoms with Crippen molar-refractivity contribution in [3.63, 3.8) is 0 Å². The fourth-order valence-electron chi connectivity index (χ4n) is 2.68. The molecule has 4 aromatic rings. The monoisotopic (exact) mass is 386 g/mol. The van der Waals surface area contributed by atoms with Gasteiger partial charge in [0.2, 0.25) is 0 Å². The van der Waals surface area contributed by atoms with E-state index in [1.165, 1.54) is 12.4 Å². The summed E-state index contributed by atoms with van der Waals surface area (Å²) in [4.78, 5) is 21.4. The second-order valence-corrected chi connectivity index (χ2v) is 6.43. The molecule has 0 aliphatic heterocycles. The number of hydroxylamine groups is 1. The van der Waals surface area contributed by atoms with Gasteiger partial charge in [-0.1, -0.05) is 41.4 Å². The minimum absolute atomic E-state index is 0.0266. The van der Waals surface area contributed by atoms with Crippen molar-refractivity contribution in [2.45, 2.75) is 6.61 Å². The fourth-order valence-corrected chi connectivity index (χ4v) is 3.15. The van der Waals surface area contributed by atoms with Crippen LogP contribution in [-0.2, 0) is 11.4 Å². The van der Waals surface area contributed by atoms with Gasteiger partial charge >= 0.3 is 0 Å². The van der Waals surface area contributed by atoms with Crippen molar-refractivity contribution in [3.05, 3.63) is 76.0 Å². The number of benzene rings is 2. The van der Waals surface area contributed by atoms with Crippen LogP contribution in [0.15, 0.2) is 59.3 Å². The highest BCUT2D eigenvalue weighted by molar-refractivity contribution is 6.35. The number of furan rings is 1. The van der Waals surface area contributed by atoms with Crippen LogP contribution in [0.2, 0.25) is 10.0 Å². The van der Waals surface area contributed by atoms with E-state index in [9.17, 15) is 4.79 Å². The van der Waals surface area contributed by atoms with Crippen molar-refractivity contribution in [2.75, 3.05) is 0 Å². The molecule has 0 saturated heterocycles. The molecule has 0 atom stereocenters. The molecule has 5 nitrogen and oxygen atoms in total. The standard InChI is InChI=1S/C19H12Cl2N2O3/c20-15-8-22-9-16(21)14(15)10-25-23-19(24)11-5-6-13-12-3-1-2-4-17(12)26-18(13)7-11/h1-9H,10H2,(H,23,24). The van der Waals surface area contributed by atoms with Crippen LogP contribution in [0.3, 0.4) is 0 Å². The van der Waals surface area contributed by atoms with Crippen molar-refractivity contribution >= 4 is 51.0 Å². The smallest absolute Gasteiger partial charge is 0.274 e. The summed E-state index contributed by atoms with van der Waals surface area (Å²) >= 11 is 12.0. The lowest BCUT2D eigenvalue weighted by molar-refractivity contribution is 0.0234. The first-order valence-electron chi connectivity index (χ1n) is 7.75. The van der Waals surface area contributed by atoms with E-state index in [1.807, 2.05) is 30.3 Å². The van der Waals surface area contributed by atoms with E-state index in [4.69, 9.17) is 32.5 Å². The normalized spacial score (nSPS) is 11.2. The molecule has 130 valence electrons. The van der Waals surface area contributed by atoms with Gasteiger partial charge in [0.15, 0.2) is 0 Å². The molecule has 0 radical (unpaired) electrons. The molecule has 2 aromatic carbocycles. The molecule has 0 bridgehead atoms. The number of carbonyl (C=O) groups excluding carboxylic acids is 1. The topological polar surface area (TPSA) is 64.4 Å². The first kappa shape index (κ1) is 16.8. The van der Waals surface area contributed by atoms with Crippen LogP contribution in [0.1, 0.15) is 15.9 Å². The summed E-state index contributed by atoms with van der Waals surface area (Å²) < 4.78 is 5.79. The van der Waals surface area contributed by atoms with Crippen LogP contribution in [0.5, 0.6) is 0 Å². The second-order valence-electron chi connectivity index (χ2n) is 5.61. The summed E-state index contributed by atoms with van der Waals surface area (Å²) in [6, 6.07) is 13.0. The van der Waals surface area contributed by atoms with Gasteiger partial charge in [-0.2, -0.15) is 0 Å². The molecular formula is C19H12Cl2N2O3. The molecule has 4 rings (SSSR count). The van der Waals surface area contributed by atoms with Gasteiger partial charge in [-0.25, -0.2) is 5.48 Å². The molecule has 0 saturated carbocycles. The van der Waals surface area contributed by atoms with Crippen LogP contribution in [0.4, 0.5) is 0 Å². The molecule has 1 amide bonds. The first-order valence-corrected chi connectivity index (χ1v) is 8.50. The number of nitrogens with one attached hydrogen (secondary N) is 1. The number of nitrogens with zero attached hydrogens (tertiary/aromatic N) is 1. The fraction of sp³-hybridized carbons (Fsp3) is 0.0526. The second kappa shape index (κ2) is 6.96. The lowest BCUT2D eigenvalue weighted by Crippen LogP contribution is -2.23. The Morgan fingerprint density at radius 3 is 2.58 bits per heavy atom. The zero-order valence-electron chi connectivity index (χ0n) is 13.3. The predicted molar refractivity (Wildman–Crippen MR) is 100 cm³/mol. The summed E-state index contributed by atoms with van der Waals surface area (Å²) in [5, 5.41) is 2.70. The Morgan fingerprint density at radius 1 is 1.04 bits per heavy atom. The third-order valence-corrected chi connectivity index (χ3v) is 4.63. The summed E-state index contributed by atoms with van der Waals surface area (Å²) in [6.07, 6.45) is 2.92. The maximum atomic E-state index is 12.3. The van der Waals surface area contributed by atoms with Crippen molar-refractivity contribution in [2.24, 2.45) is 0 Å². The Kier molecular flexibility index (Phi) is 4.51. The van der Waals surface area contributed by atoms with Gasteiger partial charge in [0.05, 0.1) is 10.0 Å². The first-order chi connectivity index (χ1) is 12.6. The highest BCUT2D eigenvalue weighted by Gasteiger charge is 2.12. The molecule has 7 heteroatoms. The SMILES string of the molecule is O=C(NOCc1c(Cl)cncc1Cl)c1ccc2c(c1)oc1ccccc12. The van der Waals surface area contributed by atoms with Gasteiger partial charge < -0.3 is 4.42 Å². The molecule has 0 aliphatic carbocycles. The van der Waals surface area contributed by atoms with E-state index in [2.05, 4.69) is 10.5 Å². The Balaban J connectivity index is 1.50. The van der Waals surface area contributed by atoms with Crippen molar-refractivity contribution in [1.82, 2.24) is 10.5 Å². The van der Waals surface area contributed by atoms with Crippen LogP contribution in [0.25, 0.3) is 21.9 Å². The Labute approximate surface area is 158 Å². The maximum absolute atomic E-state index is 12.3. The zero-order valence-corrected chi connectivity index (χ0v) is 14.8. The van der Waals surface area contributed by atoms with E-state index in [0.29, 0.717) is 26.8 Å². The number of aromatic nitrogens is 1. The summed E-state index contributed by atoms with van der Waals surface area (Å²) in [5.74, 6) is -0.395. The molecule has 1 N–H and O–H groups in total. The van der Waals surface area contributed by atoms with Crippen LogP contribution in [-0.4, -0.2) is 10.9 Å². The van der Waals surface area contributed by atoms with E-state index in [1.54, 1.807) is 12.1 Å². The Bertz CT molecular complexity index is 1100. The molecule has 0 fully saturated rings. The largest absolute Gasteiger partial charge is 0.456 e. The molecule has 2 aromatic heterocycles. The van der Waals surface area contributed by atoms with Crippen LogP contribution in [0, 0.1) is 0 Å². The average Bonchev–Trinajstić information content (AvgIpc) is 3.01. The van der Waals surface area contributed by atoms with Gasteiger partial charge in [-0.15, -0.1) is 0 Å². The molecule has 26 heavy (non-hydrogen) atoms. The Hall–Kier alpha value is -2.60. The predicted octanol–water partition coefficient (Wildman–Crippen LogP) is 5.15. The number of carbonyl (C=O) groups is 1. The molecule has 0 spiro atoms. The quantitative estimate of drug-likeness (QED) is 0.492. The van der Waals surface area contributed by atoms with Crippen molar-refractivity contribution in [3.8, 4) is 0 Å². The summed E-state index contributed by atoms with van der Waals surface area (Å²) in [5.41, 5.74) is 4.77. The number of hydrogen-bond acceptors (Lipinski definition) is 4. The third-order valence-electron chi connectivity index (χ3n) is 3.97. The van der Waals surface area contributed by atoms with Crippen LogP contribution >= 0.6 is 23.2 Å². The molecule has 0 unspecified atom stereocenters. The zero-order chi connectivity index (χ0) is 18.1. The number of pyridine rings is 1. The van der Waals surface area contributed by atoms with E-state index in [-0.39, 0.29) is 6.61 Å². The lowest BCUT2D eigenvalue weighted by Gasteiger charge is -2.08. The van der Waals surface area contributed by atoms with Gasteiger partial charge in [-0.3, -0.25) is 14.6 Å². The summed E-state index contributed by atoms with van der Waals surface area (Å²) in [6.45, 7) is 0.0266. The number of para-hydroxylation sites is 1. The van der Waals surface area contributed by atoms with Crippen molar-refractivity contribution in [1.29, 1.82) is 0 Å². The Morgan fingerprint density at radius 2 is 1.77 bits per heavy atom. The third kappa shape index (κ3) is 3.12. The summed E-state index contributed by atoms with van der Waals surface area (Å²) in [7, 11) is 0. The van der Waals surface area contributed by atoms with E-state index < -0.39 is 5.91 Å². The number of hydrogen-bond donors (Lipinski definition) is 1. The van der Waals surface area contributed by atoms with E-state index >= 15 is 0 Å². The minimum Gasteiger partial charge on any atom is -0.456 e. The van der Waals surface area contributed by atoms with Gasteiger partial charge in [0, 0.05) is 34.3 Å². The number of rotatable bonds is 4. The highest BCUT2D eigenvalue weighted by Crippen LogP contribution is 2.29. The minimum atomic E-state index is -0.395. The van der Waals surface area contributed by atoms with Crippen molar-refractivity contribution < 1.29 is 14.0 Å². The molecular weight excluding hydrogens is 375 g/mol. The van der Waals surface area contributed by atoms with Gasteiger partial charge in [0.25, 0.3) is 5.91 Å². The maximum Gasteiger partial charge on any atom is 0.274 e. The van der Waals surface area contributed by atoms with Gasteiger partial charge in [0.1, 0.15) is 17.8 Å². The van der Waals surface area contributed by atoms with Crippen LogP contribution < -0.4 is 5.48 Å². The number of halogens is 2. The lowest BCUT2D eigenvalue weighted by atomic mass is 10.1.